The van der Waals surface area contributed by atoms with Crippen molar-refractivity contribution >= 4 is 5.78 Å². The number of carbonyl (C=O) groups is 1. The maximum absolute atomic E-state index is 13.7. The van der Waals surface area contributed by atoms with Gasteiger partial charge in [-0.25, -0.2) is 4.39 Å². The molecule has 1 aromatic carbocycles. The van der Waals surface area contributed by atoms with E-state index in [4.69, 9.17) is 0 Å². The first kappa shape index (κ1) is 20.6. The van der Waals surface area contributed by atoms with Gasteiger partial charge in [-0.05, 0) is 47.9 Å². The van der Waals surface area contributed by atoms with Gasteiger partial charge in [0, 0.05) is 37.4 Å². The van der Waals surface area contributed by atoms with Crippen molar-refractivity contribution in [3.8, 4) is 0 Å². The highest BCUT2D eigenvalue weighted by molar-refractivity contribution is 5.82. The van der Waals surface area contributed by atoms with Crippen molar-refractivity contribution in [3.05, 3.63) is 94.8 Å². The van der Waals surface area contributed by atoms with Gasteiger partial charge in [-0.15, -0.1) is 0 Å². The van der Waals surface area contributed by atoms with E-state index in [1.165, 1.54) is 43.6 Å². The van der Waals surface area contributed by atoms with E-state index in [9.17, 15) is 22.4 Å². The van der Waals surface area contributed by atoms with Crippen molar-refractivity contribution in [1.82, 2.24) is 9.97 Å². The lowest BCUT2D eigenvalue weighted by atomic mass is 9.86. The van der Waals surface area contributed by atoms with Crippen molar-refractivity contribution in [2.45, 2.75) is 31.9 Å². The fourth-order valence-electron chi connectivity index (χ4n) is 3.22. The zero-order valence-electron chi connectivity index (χ0n) is 15.6. The zero-order chi connectivity index (χ0) is 21.0. The summed E-state index contributed by atoms with van der Waals surface area (Å²) in [6, 6.07) is 9.62. The van der Waals surface area contributed by atoms with E-state index in [1.54, 1.807) is 18.3 Å². The normalized spacial score (nSPS) is 12.6. The summed E-state index contributed by atoms with van der Waals surface area (Å²) >= 11 is 0. The fraction of sp³-hybridized carbons (Fsp3) is 0.227. The Hall–Kier alpha value is -3.09. The number of hydrogen-bond donors (Lipinski definition) is 0. The van der Waals surface area contributed by atoms with Crippen LogP contribution in [0.1, 0.15) is 40.3 Å². The number of rotatable bonds is 6. The smallest absolute Gasteiger partial charge is 0.299 e. The Bertz CT molecular complexity index is 1000. The molecular formula is C22H18F4N2O. The maximum Gasteiger partial charge on any atom is 0.418 e. The molecule has 0 aliphatic rings. The van der Waals surface area contributed by atoms with Gasteiger partial charge in [-0.1, -0.05) is 18.2 Å². The molecule has 0 aliphatic carbocycles. The molecule has 3 aromatic rings. The summed E-state index contributed by atoms with van der Waals surface area (Å²) in [5.41, 5.74) is 0.222. The minimum Gasteiger partial charge on any atom is -0.299 e. The van der Waals surface area contributed by atoms with Gasteiger partial charge in [-0.2, -0.15) is 13.2 Å². The summed E-state index contributed by atoms with van der Waals surface area (Å²) in [4.78, 5) is 20.6. The average Bonchev–Trinajstić information content (AvgIpc) is 2.68. The Morgan fingerprint density at radius 2 is 1.86 bits per heavy atom. The number of pyridine rings is 2. The number of halogens is 4. The van der Waals surface area contributed by atoms with Gasteiger partial charge in [-0.3, -0.25) is 14.8 Å². The van der Waals surface area contributed by atoms with Crippen LogP contribution in [-0.2, 0) is 17.4 Å². The second-order valence-electron chi connectivity index (χ2n) is 6.78. The van der Waals surface area contributed by atoms with Crippen LogP contribution in [0.25, 0.3) is 0 Å². The van der Waals surface area contributed by atoms with Crippen LogP contribution in [0.3, 0.4) is 0 Å². The molecule has 1 atom stereocenters. The van der Waals surface area contributed by atoms with Crippen LogP contribution in [0.2, 0.25) is 0 Å². The van der Waals surface area contributed by atoms with Crippen LogP contribution < -0.4 is 0 Å². The Morgan fingerprint density at radius 3 is 2.52 bits per heavy atom. The number of aromatic nitrogens is 2. The van der Waals surface area contributed by atoms with Crippen LogP contribution in [0.5, 0.6) is 0 Å². The lowest BCUT2D eigenvalue weighted by Crippen LogP contribution is -2.18. The molecule has 0 radical (unpaired) electrons. The fourth-order valence-corrected chi connectivity index (χ4v) is 3.22. The third-order valence-electron chi connectivity index (χ3n) is 4.61. The van der Waals surface area contributed by atoms with Gasteiger partial charge in [0.1, 0.15) is 11.6 Å². The highest BCUT2D eigenvalue weighted by Gasteiger charge is 2.37. The topological polar surface area (TPSA) is 42.9 Å². The largest absolute Gasteiger partial charge is 0.418 e. The monoisotopic (exact) mass is 402 g/mol. The molecule has 3 nitrogen and oxygen atoms in total. The third kappa shape index (κ3) is 5.04. The first-order valence-electron chi connectivity index (χ1n) is 8.94. The van der Waals surface area contributed by atoms with E-state index in [0.717, 1.165) is 6.07 Å². The summed E-state index contributed by atoms with van der Waals surface area (Å²) in [7, 11) is 0. The quantitative estimate of drug-likeness (QED) is 0.527. The molecule has 0 saturated carbocycles. The van der Waals surface area contributed by atoms with E-state index in [-0.39, 0.29) is 29.9 Å². The van der Waals surface area contributed by atoms with Crippen molar-refractivity contribution in [2.75, 3.05) is 0 Å². The SMILES string of the molecule is Cc1cc(C(CC(=O)Cc2cccnc2)c2ncccc2C(F)(F)F)ccc1F. The Morgan fingerprint density at radius 1 is 1.10 bits per heavy atom. The zero-order valence-corrected chi connectivity index (χ0v) is 15.6. The van der Waals surface area contributed by atoms with Crippen LogP contribution in [-0.4, -0.2) is 15.8 Å². The highest BCUT2D eigenvalue weighted by Crippen LogP contribution is 2.38. The number of benzene rings is 1. The standard InChI is InChI=1S/C22H18F4N2O/c1-14-10-16(6-7-20(14)23)18(12-17(29)11-15-4-2-8-27-13-15)21-19(22(24,25)26)5-3-9-28-21/h2-10,13,18H,11-12H2,1H3. The summed E-state index contributed by atoms with van der Waals surface area (Å²) in [5.74, 6) is -1.67. The van der Waals surface area contributed by atoms with E-state index < -0.39 is 23.5 Å². The summed E-state index contributed by atoms with van der Waals surface area (Å²) in [5, 5.41) is 0. The molecule has 150 valence electrons. The van der Waals surface area contributed by atoms with E-state index in [1.807, 2.05) is 0 Å². The minimum atomic E-state index is -4.62. The van der Waals surface area contributed by atoms with Crippen molar-refractivity contribution in [3.63, 3.8) is 0 Å². The van der Waals surface area contributed by atoms with Crippen LogP contribution >= 0.6 is 0 Å². The van der Waals surface area contributed by atoms with Crippen molar-refractivity contribution < 1.29 is 22.4 Å². The molecule has 3 rings (SSSR count). The highest BCUT2D eigenvalue weighted by atomic mass is 19.4. The number of alkyl halides is 3. The van der Waals surface area contributed by atoms with Crippen LogP contribution in [0.4, 0.5) is 17.6 Å². The van der Waals surface area contributed by atoms with Gasteiger partial charge < -0.3 is 0 Å². The Kier molecular flexibility index (Phi) is 6.06. The number of aryl methyl sites for hydroxylation is 1. The first-order valence-corrected chi connectivity index (χ1v) is 8.94. The predicted molar refractivity (Wildman–Crippen MR) is 99.8 cm³/mol. The summed E-state index contributed by atoms with van der Waals surface area (Å²) in [6.07, 6.45) is -0.403. The van der Waals surface area contributed by atoms with Crippen LogP contribution in [0.15, 0.2) is 61.1 Å². The Balaban J connectivity index is 2.01. The number of carbonyl (C=O) groups excluding carboxylic acids is 1. The van der Waals surface area contributed by atoms with E-state index in [2.05, 4.69) is 9.97 Å². The molecule has 0 amide bonds. The van der Waals surface area contributed by atoms with Crippen LogP contribution in [0, 0.1) is 12.7 Å². The average molecular weight is 402 g/mol. The summed E-state index contributed by atoms with van der Waals surface area (Å²) in [6.45, 7) is 1.52. The number of Topliss-reactive ketones (excluding diaryl/α,β-unsaturated/α-hetero) is 1. The van der Waals surface area contributed by atoms with Gasteiger partial charge >= 0.3 is 6.18 Å². The Labute approximate surface area is 165 Å². The second-order valence-corrected chi connectivity index (χ2v) is 6.78. The molecule has 2 heterocycles. The molecule has 1 unspecified atom stereocenters. The first-order chi connectivity index (χ1) is 13.8. The molecule has 2 aromatic heterocycles. The number of nitrogens with zero attached hydrogens (tertiary/aromatic N) is 2. The predicted octanol–water partition coefficient (Wildman–Crippen LogP) is 5.28. The van der Waals surface area contributed by atoms with E-state index >= 15 is 0 Å². The van der Waals surface area contributed by atoms with Gasteiger partial charge in [0.25, 0.3) is 0 Å². The molecule has 0 aliphatic heterocycles. The minimum absolute atomic E-state index is 0.0404. The lowest BCUT2D eigenvalue weighted by molar-refractivity contribution is -0.138. The molecule has 29 heavy (non-hydrogen) atoms. The number of hydrogen-bond acceptors (Lipinski definition) is 3. The molecule has 0 N–H and O–H groups in total. The van der Waals surface area contributed by atoms with Gasteiger partial charge in [0.05, 0.1) is 11.3 Å². The molecule has 0 fully saturated rings. The third-order valence-corrected chi connectivity index (χ3v) is 4.61. The van der Waals surface area contributed by atoms with Gasteiger partial charge in [0.15, 0.2) is 0 Å². The molecule has 0 spiro atoms. The summed E-state index contributed by atoms with van der Waals surface area (Å²) < 4.78 is 54.4. The van der Waals surface area contributed by atoms with Crippen molar-refractivity contribution in [2.24, 2.45) is 0 Å². The number of ketones is 1. The second kappa shape index (κ2) is 8.51. The lowest BCUT2D eigenvalue weighted by Gasteiger charge is -2.21. The molecule has 7 heteroatoms. The van der Waals surface area contributed by atoms with Crippen molar-refractivity contribution in [1.29, 1.82) is 0 Å². The van der Waals surface area contributed by atoms with E-state index in [0.29, 0.717) is 11.1 Å². The molecule has 0 bridgehead atoms. The van der Waals surface area contributed by atoms with Gasteiger partial charge in [0.2, 0.25) is 0 Å². The molecular weight excluding hydrogens is 384 g/mol. The molecule has 0 saturated heterocycles. The maximum atomic E-state index is 13.7.